The Kier molecular flexibility index (Phi) is 5.91. The van der Waals surface area contributed by atoms with E-state index in [1.807, 2.05) is 6.07 Å². The maximum atomic E-state index is 12.4. The highest BCUT2D eigenvalue weighted by molar-refractivity contribution is 6.08. The van der Waals surface area contributed by atoms with Gasteiger partial charge in [0.25, 0.3) is 5.91 Å². The van der Waals surface area contributed by atoms with Crippen molar-refractivity contribution in [2.45, 2.75) is 12.5 Å². The Morgan fingerprint density at radius 1 is 0.857 bits per heavy atom. The van der Waals surface area contributed by atoms with E-state index in [1.165, 1.54) is 12.4 Å². The van der Waals surface area contributed by atoms with Crippen LogP contribution in [0, 0.1) is 0 Å². The van der Waals surface area contributed by atoms with Crippen LogP contribution < -0.4 is 5.32 Å². The number of rotatable bonds is 7. The lowest BCUT2D eigenvalue weighted by atomic mass is 9.99. The number of hydrogen-bond acceptors (Lipinski definition) is 4. The van der Waals surface area contributed by atoms with Gasteiger partial charge in [0, 0.05) is 29.9 Å². The summed E-state index contributed by atoms with van der Waals surface area (Å²) in [5.41, 5.74) is 2.09. The monoisotopic (exact) mass is 374 g/mol. The first-order valence-electron chi connectivity index (χ1n) is 8.67. The van der Waals surface area contributed by atoms with Crippen LogP contribution in [0.1, 0.15) is 31.8 Å². The Morgan fingerprint density at radius 2 is 1.50 bits per heavy atom. The van der Waals surface area contributed by atoms with Crippen LogP contribution in [0.25, 0.3) is 0 Å². The molecule has 0 fully saturated rings. The van der Waals surface area contributed by atoms with Gasteiger partial charge in [-0.25, -0.2) is 4.79 Å². The molecule has 6 nitrogen and oxygen atoms in total. The summed E-state index contributed by atoms with van der Waals surface area (Å²) in [5.74, 6) is -1.75. The number of nitrogens with one attached hydrogen (secondary N) is 1. The molecule has 0 saturated carbocycles. The summed E-state index contributed by atoms with van der Waals surface area (Å²) in [4.78, 5) is 40.0. The highest BCUT2D eigenvalue weighted by Gasteiger charge is 2.21. The van der Waals surface area contributed by atoms with E-state index in [0.29, 0.717) is 16.7 Å². The van der Waals surface area contributed by atoms with Crippen molar-refractivity contribution < 1.29 is 19.5 Å². The lowest BCUT2D eigenvalue weighted by Gasteiger charge is -2.15. The molecule has 0 aliphatic carbocycles. The molecule has 1 atom stereocenters. The Bertz CT molecular complexity index is 970. The van der Waals surface area contributed by atoms with Gasteiger partial charge in [-0.1, -0.05) is 54.6 Å². The van der Waals surface area contributed by atoms with E-state index in [9.17, 15) is 19.5 Å². The Balaban J connectivity index is 1.69. The first-order chi connectivity index (χ1) is 13.5. The number of ketones is 1. The van der Waals surface area contributed by atoms with Crippen LogP contribution in [0.2, 0.25) is 0 Å². The van der Waals surface area contributed by atoms with Crippen molar-refractivity contribution in [3.05, 3.63) is 101 Å². The van der Waals surface area contributed by atoms with Crippen molar-refractivity contribution in [2.75, 3.05) is 0 Å². The van der Waals surface area contributed by atoms with Gasteiger partial charge in [0.05, 0.1) is 5.56 Å². The van der Waals surface area contributed by atoms with Crippen LogP contribution in [-0.2, 0) is 11.2 Å². The summed E-state index contributed by atoms with van der Waals surface area (Å²) in [6, 6.07) is 17.7. The topological polar surface area (TPSA) is 96.4 Å². The predicted molar refractivity (Wildman–Crippen MR) is 103 cm³/mol. The second kappa shape index (κ2) is 8.73. The Morgan fingerprint density at radius 3 is 2.11 bits per heavy atom. The molecule has 0 bridgehead atoms. The molecule has 2 aromatic carbocycles. The third kappa shape index (κ3) is 4.67. The van der Waals surface area contributed by atoms with E-state index in [0.717, 1.165) is 0 Å². The number of carbonyl (C=O) groups is 3. The van der Waals surface area contributed by atoms with Gasteiger partial charge in [0.1, 0.15) is 6.04 Å². The highest BCUT2D eigenvalue weighted by atomic mass is 16.4. The van der Waals surface area contributed by atoms with Crippen molar-refractivity contribution in [1.82, 2.24) is 10.3 Å². The minimum absolute atomic E-state index is 0.0984. The Labute approximate surface area is 161 Å². The molecule has 1 amide bonds. The SMILES string of the molecule is O=C(N[C@@H](Cc1ccc(C(=O)c2ccccc2)cc1)C(=O)O)c1cccnc1. The number of aliphatic carboxylic acids is 1. The number of pyridine rings is 1. The number of aromatic nitrogens is 1. The molecule has 28 heavy (non-hydrogen) atoms. The van der Waals surface area contributed by atoms with E-state index in [-0.39, 0.29) is 17.8 Å². The summed E-state index contributed by atoms with van der Waals surface area (Å²) in [6.45, 7) is 0. The fraction of sp³-hybridized carbons (Fsp3) is 0.0909. The highest BCUT2D eigenvalue weighted by Crippen LogP contribution is 2.13. The van der Waals surface area contributed by atoms with Gasteiger partial charge in [0.2, 0.25) is 0 Å². The first-order valence-corrected chi connectivity index (χ1v) is 8.67. The zero-order valence-electron chi connectivity index (χ0n) is 14.9. The average Bonchev–Trinajstić information content (AvgIpc) is 2.74. The van der Waals surface area contributed by atoms with Gasteiger partial charge in [-0.3, -0.25) is 14.6 Å². The summed E-state index contributed by atoms with van der Waals surface area (Å²) in [5, 5.41) is 11.9. The molecule has 0 spiro atoms. The standard InChI is InChI=1S/C22H18N2O4/c25-20(16-5-2-1-3-6-16)17-10-8-15(9-11-17)13-19(22(27)28)24-21(26)18-7-4-12-23-14-18/h1-12,14,19H,13H2,(H,24,26)(H,27,28)/t19-/m0/s1. The molecule has 6 heteroatoms. The third-order valence-corrected chi connectivity index (χ3v) is 4.22. The molecular formula is C22H18N2O4. The minimum Gasteiger partial charge on any atom is -0.480 e. The zero-order valence-corrected chi connectivity index (χ0v) is 14.9. The van der Waals surface area contributed by atoms with Crippen molar-refractivity contribution in [1.29, 1.82) is 0 Å². The van der Waals surface area contributed by atoms with Gasteiger partial charge in [-0.05, 0) is 17.7 Å². The number of amides is 1. The molecule has 0 saturated heterocycles. The van der Waals surface area contributed by atoms with Crippen molar-refractivity contribution >= 4 is 17.7 Å². The molecule has 3 rings (SSSR count). The number of carbonyl (C=O) groups excluding carboxylic acids is 2. The molecule has 0 radical (unpaired) electrons. The minimum atomic E-state index is -1.14. The number of nitrogens with zero attached hydrogens (tertiary/aromatic N) is 1. The fourth-order valence-electron chi connectivity index (χ4n) is 2.72. The van der Waals surface area contributed by atoms with Crippen molar-refractivity contribution in [3.63, 3.8) is 0 Å². The largest absolute Gasteiger partial charge is 0.480 e. The fourth-order valence-corrected chi connectivity index (χ4v) is 2.72. The van der Waals surface area contributed by atoms with Crippen LogP contribution in [0.5, 0.6) is 0 Å². The maximum Gasteiger partial charge on any atom is 0.326 e. The smallest absolute Gasteiger partial charge is 0.326 e. The summed E-state index contributed by atoms with van der Waals surface area (Å²) < 4.78 is 0. The Hall–Kier alpha value is -3.80. The normalized spacial score (nSPS) is 11.4. The second-order valence-electron chi connectivity index (χ2n) is 6.20. The quantitative estimate of drug-likeness (QED) is 0.620. The van der Waals surface area contributed by atoms with Crippen molar-refractivity contribution in [2.24, 2.45) is 0 Å². The van der Waals surface area contributed by atoms with E-state index in [4.69, 9.17) is 0 Å². The van der Waals surface area contributed by atoms with Crippen LogP contribution >= 0.6 is 0 Å². The lowest BCUT2D eigenvalue weighted by Crippen LogP contribution is -2.42. The van der Waals surface area contributed by atoms with Gasteiger partial charge in [-0.15, -0.1) is 0 Å². The molecule has 2 N–H and O–H groups in total. The molecule has 3 aromatic rings. The summed E-state index contributed by atoms with van der Waals surface area (Å²) >= 11 is 0. The number of carboxylic acids is 1. The zero-order chi connectivity index (χ0) is 19.9. The van der Waals surface area contributed by atoms with Gasteiger partial charge in [0.15, 0.2) is 5.78 Å². The predicted octanol–water partition coefficient (Wildman–Crippen LogP) is 2.74. The second-order valence-corrected chi connectivity index (χ2v) is 6.20. The van der Waals surface area contributed by atoms with Gasteiger partial charge in [-0.2, -0.15) is 0 Å². The summed E-state index contributed by atoms with van der Waals surface area (Å²) in [7, 11) is 0. The molecule has 0 aliphatic rings. The number of carboxylic acid groups (broad SMARTS) is 1. The molecule has 140 valence electrons. The molecule has 0 aliphatic heterocycles. The van der Waals surface area contributed by atoms with Crippen LogP contribution in [0.15, 0.2) is 79.1 Å². The molecule has 0 unspecified atom stereocenters. The molecule has 1 aromatic heterocycles. The number of benzene rings is 2. The lowest BCUT2D eigenvalue weighted by molar-refractivity contribution is -0.139. The molecule has 1 heterocycles. The van der Waals surface area contributed by atoms with Crippen LogP contribution in [0.4, 0.5) is 0 Å². The average molecular weight is 374 g/mol. The van der Waals surface area contributed by atoms with E-state index >= 15 is 0 Å². The van der Waals surface area contributed by atoms with E-state index < -0.39 is 17.9 Å². The van der Waals surface area contributed by atoms with Gasteiger partial charge >= 0.3 is 5.97 Å². The van der Waals surface area contributed by atoms with Crippen molar-refractivity contribution in [3.8, 4) is 0 Å². The van der Waals surface area contributed by atoms with E-state index in [1.54, 1.807) is 60.7 Å². The van der Waals surface area contributed by atoms with Crippen LogP contribution in [0.3, 0.4) is 0 Å². The maximum absolute atomic E-state index is 12.4. The summed E-state index contributed by atoms with van der Waals surface area (Å²) in [6.07, 6.45) is 3.00. The van der Waals surface area contributed by atoms with E-state index in [2.05, 4.69) is 10.3 Å². The van der Waals surface area contributed by atoms with Crippen LogP contribution in [-0.4, -0.2) is 33.8 Å². The number of hydrogen-bond donors (Lipinski definition) is 2. The third-order valence-electron chi connectivity index (χ3n) is 4.22. The molecular weight excluding hydrogens is 356 g/mol. The first kappa shape index (κ1) is 19.0. The van der Waals surface area contributed by atoms with Gasteiger partial charge < -0.3 is 10.4 Å².